The minimum absolute atomic E-state index is 0.156. The van der Waals surface area contributed by atoms with Gasteiger partial charge in [-0.3, -0.25) is 4.90 Å². The molecule has 0 saturated carbocycles. The number of hydrogen-bond acceptors (Lipinski definition) is 4. The van der Waals surface area contributed by atoms with E-state index in [9.17, 15) is 4.79 Å². The summed E-state index contributed by atoms with van der Waals surface area (Å²) in [4.78, 5) is 18.4. The fourth-order valence-corrected chi connectivity index (χ4v) is 3.85. The highest BCUT2D eigenvalue weighted by Crippen LogP contribution is 2.36. The zero-order valence-electron chi connectivity index (χ0n) is 17.0. The normalized spacial score (nSPS) is 15.1. The highest BCUT2D eigenvalue weighted by molar-refractivity contribution is 5.90. The molecule has 0 spiro atoms. The van der Waals surface area contributed by atoms with Gasteiger partial charge in [-0.2, -0.15) is 5.10 Å². The molecule has 6 heteroatoms. The van der Waals surface area contributed by atoms with Gasteiger partial charge in [0, 0.05) is 6.54 Å². The lowest BCUT2D eigenvalue weighted by molar-refractivity contribution is 0.0584. The molecule has 27 heavy (non-hydrogen) atoms. The van der Waals surface area contributed by atoms with Crippen molar-refractivity contribution in [3.05, 3.63) is 42.0 Å². The number of anilines is 1. The Kier molecular flexibility index (Phi) is 5.53. The maximum atomic E-state index is 12.5. The van der Waals surface area contributed by atoms with E-state index >= 15 is 0 Å². The SMILES string of the molecule is CCC(CC)C(c1ccc2c(c1)CCN2C(=O)OC(C)(C)C)n1cncn1. The fourth-order valence-electron chi connectivity index (χ4n) is 3.85. The van der Waals surface area contributed by atoms with Crippen molar-refractivity contribution in [2.24, 2.45) is 5.92 Å². The van der Waals surface area contributed by atoms with Crippen LogP contribution >= 0.6 is 0 Å². The number of benzene rings is 1. The summed E-state index contributed by atoms with van der Waals surface area (Å²) in [6.07, 6.45) is 6.09. The van der Waals surface area contributed by atoms with Crippen LogP contribution in [0.2, 0.25) is 0 Å². The number of ether oxygens (including phenoxy) is 1. The standard InChI is InChI=1S/C21H30N4O2/c1-6-15(7-2)19(25-14-22-13-23-25)17-8-9-18-16(12-17)10-11-24(18)20(26)27-21(3,4)5/h8-9,12-15,19H,6-7,10-11H2,1-5H3. The molecule has 0 aliphatic carbocycles. The van der Waals surface area contributed by atoms with E-state index in [2.05, 4.69) is 36.1 Å². The van der Waals surface area contributed by atoms with Crippen LogP contribution in [0.5, 0.6) is 0 Å². The maximum absolute atomic E-state index is 12.5. The minimum Gasteiger partial charge on any atom is -0.443 e. The van der Waals surface area contributed by atoms with Crippen LogP contribution in [0, 0.1) is 5.92 Å². The van der Waals surface area contributed by atoms with Crippen LogP contribution in [0.15, 0.2) is 30.9 Å². The summed E-state index contributed by atoms with van der Waals surface area (Å²) in [5, 5.41) is 4.41. The molecule has 1 atom stereocenters. The molecule has 3 rings (SSSR count). The molecule has 0 radical (unpaired) electrons. The molecule has 1 aliphatic heterocycles. The van der Waals surface area contributed by atoms with Gasteiger partial charge in [0.15, 0.2) is 0 Å². The quantitative estimate of drug-likeness (QED) is 0.772. The Balaban J connectivity index is 1.90. The molecule has 0 bridgehead atoms. The third-order valence-corrected chi connectivity index (χ3v) is 5.17. The molecular weight excluding hydrogens is 340 g/mol. The number of aromatic nitrogens is 3. The summed E-state index contributed by atoms with van der Waals surface area (Å²) < 4.78 is 7.51. The van der Waals surface area contributed by atoms with Gasteiger partial charge in [0.2, 0.25) is 0 Å². The van der Waals surface area contributed by atoms with Gasteiger partial charge in [-0.15, -0.1) is 0 Å². The fraction of sp³-hybridized carbons (Fsp3) is 0.571. The van der Waals surface area contributed by atoms with E-state index in [1.54, 1.807) is 17.6 Å². The average Bonchev–Trinajstić information content (AvgIpc) is 3.27. The smallest absolute Gasteiger partial charge is 0.414 e. The van der Waals surface area contributed by atoms with Gasteiger partial charge in [-0.25, -0.2) is 14.5 Å². The Morgan fingerprint density at radius 3 is 2.59 bits per heavy atom. The second-order valence-electron chi connectivity index (χ2n) is 8.17. The van der Waals surface area contributed by atoms with E-state index in [1.165, 1.54) is 11.1 Å². The third-order valence-electron chi connectivity index (χ3n) is 5.17. The summed E-state index contributed by atoms with van der Waals surface area (Å²) in [6.45, 7) is 10.8. The molecule has 146 valence electrons. The topological polar surface area (TPSA) is 60.2 Å². The van der Waals surface area contributed by atoms with Crippen molar-refractivity contribution in [3.63, 3.8) is 0 Å². The Bertz CT molecular complexity index is 776. The van der Waals surface area contributed by atoms with Gasteiger partial charge in [-0.05, 0) is 50.3 Å². The molecular formula is C21H30N4O2. The molecule has 1 aliphatic rings. The average molecular weight is 370 g/mol. The first-order valence-electron chi connectivity index (χ1n) is 9.81. The van der Waals surface area contributed by atoms with Gasteiger partial charge in [0.1, 0.15) is 18.3 Å². The first kappa shape index (κ1) is 19.4. The Morgan fingerprint density at radius 2 is 2.00 bits per heavy atom. The molecule has 0 fully saturated rings. The monoisotopic (exact) mass is 370 g/mol. The second-order valence-corrected chi connectivity index (χ2v) is 8.17. The summed E-state index contributed by atoms with van der Waals surface area (Å²) in [6, 6.07) is 6.55. The van der Waals surface area contributed by atoms with Gasteiger partial charge >= 0.3 is 6.09 Å². The number of carbonyl (C=O) groups is 1. The van der Waals surface area contributed by atoms with Crippen LogP contribution in [-0.2, 0) is 11.2 Å². The van der Waals surface area contributed by atoms with Crippen molar-refractivity contribution in [3.8, 4) is 0 Å². The Morgan fingerprint density at radius 1 is 1.26 bits per heavy atom. The second kappa shape index (κ2) is 7.71. The molecule has 6 nitrogen and oxygen atoms in total. The van der Waals surface area contributed by atoms with Crippen molar-refractivity contribution >= 4 is 11.8 Å². The zero-order chi connectivity index (χ0) is 19.6. The number of hydrogen-bond donors (Lipinski definition) is 0. The number of amides is 1. The van der Waals surface area contributed by atoms with Gasteiger partial charge in [0.05, 0.1) is 11.7 Å². The highest BCUT2D eigenvalue weighted by atomic mass is 16.6. The number of carbonyl (C=O) groups excluding carboxylic acids is 1. The van der Waals surface area contributed by atoms with E-state index in [4.69, 9.17) is 4.74 Å². The number of rotatable bonds is 5. The largest absolute Gasteiger partial charge is 0.443 e. The number of fused-ring (bicyclic) bond motifs is 1. The van der Waals surface area contributed by atoms with Crippen LogP contribution in [0.3, 0.4) is 0 Å². The Hall–Kier alpha value is -2.37. The molecule has 0 N–H and O–H groups in total. The predicted molar refractivity (Wildman–Crippen MR) is 106 cm³/mol. The molecule has 1 unspecified atom stereocenters. The zero-order valence-corrected chi connectivity index (χ0v) is 17.0. The van der Waals surface area contributed by atoms with Gasteiger partial charge in [-0.1, -0.05) is 38.8 Å². The predicted octanol–water partition coefficient (Wildman–Crippen LogP) is 4.60. The van der Waals surface area contributed by atoms with E-state index < -0.39 is 5.60 Å². The van der Waals surface area contributed by atoms with E-state index in [-0.39, 0.29) is 12.1 Å². The van der Waals surface area contributed by atoms with E-state index in [1.807, 2.05) is 31.5 Å². The molecule has 2 aromatic rings. The summed E-state index contributed by atoms with van der Waals surface area (Å²) in [7, 11) is 0. The number of nitrogens with zero attached hydrogens (tertiary/aromatic N) is 4. The lowest BCUT2D eigenvalue weighted by atomic mass is 9.88. The van der Waals surface area contributed by atoms with Gasteiger partial charge in [0.25, 0.3) is 0 Å². The van der Waals surface area contributed by atoms with Crippen molar-refractivity contribution in [2.75, 3.05) is 11.4 Å². The van der Waals surface area contributed by atoms with Crippen molar-refractivity contribution in [1.82, 2.24) is 14.8 Å². The maximum Gasteiger partial charge on any atom is 0.414 e. The summed E-state index contributed by atoms with van der Waals surface area (Å²) >= 11 is 0. The molecule has 1 aromatic carbocycles. The first-order chi connectivity index (χ1) is 12.8. The van der Waals surface area contributed by atoms with Gasteiger partial charge < -0.3 is 4.74 Å². The van der Waals surface area contributed by atoms with E-state index in [0.717, 1.165) is 24.9 Å². The van der Waals surface area contributed by atoms with Crippen molar-refractivity contribution in [2.45, 2.75) is 65.5 Å². The van der Waals surface area contributed by atoms with Crippen LogP contribution < -0.4 is 4.90 Å². The van der Waals surface area contributed by atoms with Crippen LogP contribution in [0.1, 0.15) is 64.6 Å². The molecule has 2 heterocycles. The summed E-state index contributed by atoms with van der Waals surface area (Å²) in [5.41, 5.74) is 2.87. The van der Waals surface area contributed by atoms with Crippen molar-refractivity contribution in [1.29, 1.82) is 0 Å². The van der Waals surface area contributed by atoms with Crippen LogP contribution in [0.25, 0.3) is 0 Å². The molecule has 1 aromatic heterocycles. The van der Waals surface area contributed by atoms with E-state index in [0.29, 0.717) is 12.5 Å². The third kappa shape index (κ3) is 4.15. The van der Waals surface area contributed by atoms with Crippen molar-refractivity contribution < 1.29 is 9.53 Å². The molecule has 0 saturated heterocycles. The Labute approximate surface area is 161 Å². The summed E-state index contributed by atoms with van der Waals surface area (Å²) in [5.74, 6) is 0.480. The van der Waals surface area contributed by atoms with Crippen LogP contribution in [-0.4, -0.2) is 33.0 Å². The van der Waals surface area contributed by atoms with Crippen LogP contribution in [0.4, 0.5) is 10.5 Å². The first-order valence-corrected chi connectivity index (χ1v) is 9.81. The minimum atomic E-state index is -0.493. The lowest BCUT2D eigenvalue weighted by Crippen LogP contribution is -2.35. The molecule has 1 amide bonds. The lowest BCUT2D eigenvalue weighted by Gasteiger charge is -2.27. The highest BCUT2D eigenvalue weighted by Gasteiger charge is 2.30.